The molecule has 0 saturated carbocycles. The highest BCUT2D eigenvalue weighted by Crippen LogP contribution is 2.20. The Morgan fingerprint density at radius 2 is 1.97 bits per heavy atom. The third-order valence-corrected chi connectivity index (χ3v) is 5.39. The number of amides is 1. The molecule has 4 rings (SSSR count). The Kier molecular flexibility index (Phi) is 5.19. The Labute approximate surface area is 168 Å². The molecule has 1 saturated heterocycles. The van der Waals surface area contributed by atoms with Crippen molar-refractivity contribution in [2.24, 2.45) is 7.05 Å². The molecule has 7 nitrogen and oxygen atoms in total. The van der Waals surface area contributed by atoms with Gasteiger partial charge in [-0.25, -0.2) is 9.37 Å². The molecule has 0 aliphatic carbocycles. The predicted octanol–water partition coefficient (Wildman–Crippen LogP) is 2.38. The number of pyridine rings is 1. The van der Waals surface area contributed by atoms with Crippen LogP contribution >= 0.6 is 0 Å². The molecule has 1 aliphatic rings. The van der Waals surface area contributed by atoms with Crippen LogP contribution in [0.3, 0.4) is 0 Å². The fraction of sp³-hybridized carbons (Fsp3) is 0.381. The van der Waals surface area contributed by atoms with E-state index in [-0.39, 0.29) is 17.5 Å². The van der Waals surface area contributed by atoms with Crippen LogP contribution in [0, 0.1) is 12.7 Å². The lowest BCUT2D eigenvalue weighted by molar-refractivity contribution is 0.0628. The van der Waals surface area contributed by atoms with Crippen LogP contribution in [0.5, 0.6) is 5.75 Å². The van der Waals surface area contributed by atoms with Gasteiger partial charge in [-0.15, -0.1) is 0 Å². The Hall–Kier alpha value is -3.00. The van der Waals surface area contributed by atoms with Gasteiger partial charge in [-0.1, -0.05) is 6.07 Å². The second-order valence-corrected chi connectivity index (χ2v) is 7.34. The third kappa shape index (κ3) is 3.80. The number of halogens is 1. The van der Waals surface area contributed by atoms with Crippen LogP contribution in [0.25, 0.3) is 11.0 Å². The van der Waals surface area contributed by atoms with E-state index in [1.807, 2.05) is 31.0 Å². The number of carbonyl (C=O) groups is 1. The molecule has 0 N–H and O–H groups in total. The molecule has 1 amide bonds. The highest BCUT2D eigenvalue weighted by molar-refractivity contribution is 5.97. The molecule has 3 aromatic rings. The fourth-order valence-corrected chi connectivity index (χ4v) is 3.78. The van der Waals surface area contributed by atoms with Gasteiger partial charge in [-0.3, -0.25) is 14.4 Å². The fourth-order valence-electron chi connectivity index (χ4n) is 3.78. The predicted molar refractivity (Wildman–Crippen MR) is 107 cm³/mol. The summed E-state index contributed by atoms with van der Waals surface area (Å²) in [6.07, 6.45) is 1.62. The molecule has 3 heterocycles. The molecule has 0 unspecified atom stereocenters. The van der Waals surface area contributed by atoms with Gasteiger partial charge >= 0.3 is 0 Å². The summed E-state index contributed by atoms with van der Waals surface area (Å²) in [5.41, 5.74) is 3.11. The van der Waals surface area contributed by atoms with E-state index in [0.29, 0.717) is 25.2 Å². The van der Waals surface area contributed by atoms with Crippen molar-refractivity contribution < 1.29 is 13.9 Å². The number of benzene rings is 1. The molecule has 0 spiro atoms. The normalized spacial score (nSPS) is 15.1. The highest BCUT2D eigenvalue weighted by atomic mass is 19.1. The number of nitrogens with zero attached hydrogens (tertiary/aromatic N) is 5. The van der Waals surface area contributed by atoms with Crippen molar-refractivity contribution in [2.75, 3.05) is 33.3 Å². The first kappa shape index (κ1) is 19.3. The van der Waals surface area contributed by atoms with E-state index in [0.717, 1.165) is 35.4 Å². The molecule has 2 aromatic heterocycles. The van der Waals surface area contributed by atoms with Crippen LogP contribution in [0.2, 0.25) is 0 Å². The molecular weight excluding hydrogens is 373 g/mol. The topological polar surface area (TPSA) is 63.5 Å². The van der Waals surface area contributed by atoms with E-state index in [4.69, 9.17) is 4.74 Å². The lowest BCUT2D eigenvalue weighted by atomic mass is 10.1. The number of ether oxygens (including phenoxy) is 1. The van der Waals surface area contributed by atoms with E-state index < -0.39 is 0 Å². The first-order valence-electron chi connectivity index (χ1n) is 9.59. The second kappa shape index (κ2) is 7.79. The van der Waals surface area contributed by atoms with Gasteiger partial charge in [0.1, 0.15) is 0 Å². The number of fused-ring (bicyclic) bond motifs is 1. The molecule has 0 bridgehead atoms. The van der Waals surface area contributed by atoms with Crippen LogP contribution in [0.15, 0.2) is 30.5 Å². The number of carbonyl (C=O) groups excluding carboxylic acids is 1. The summed E-state index contributed by atoms with van der Waals surface area (Å²) >= 11 is 0. The van der Waals surface area contributed by atoms with Gasteiger partial charge in [0, 0.05) is 51.4 Å². The maximum absolute atomic E-state index is 13.9. The molecule has 1 aliphatic heterocycles. The lowest BCUT2D eigenvalue weighted by Gasteiger charge is -2.34. The summed E-state index contributed by atoms with van der Waals surface area (Å²) in [5, 5.41) is 5.26. The van der Waals surface area contributed by atoms with Crippen molar-refractivity contribution in [2.45, 2.75) is 13.5 Å². The molecule has 0 radical (unpaired) electrons. The van der Waals surface area contributed by atoms with Gasteiger partial charge < -0.3 is 9.64 Å². The number of aromatic nitrogens is 3. The third-order valence-electron chi connectivity index (χ3n) is 5.39. The zero-order chi connectivity index (χ0) is 20.5. The molecule has 29 heavy (non-hydrogen) atoms. The number of piperazine rings is 1. The zero-order valence-corrected chi connectivity index (χ0v) is 16.9. The standard InChI is InChI=1S/C21H24FN5O2/c1-14-17-11-16(12-23-20(17)25(2)24-14)21(28)27-8-6-26(7-9-27)13-15-4-5-19(29-3)18(22)10-15/h4-5,10-12H,6-9,13H2,1-3H3. The van der Waals surface area contributed by atoms with Crippen LogP contribution in [0.1, 0.15) is 21.6 Å². The van der Waals surface area contributed by atoms with E-state index in [2.05, 4.69) is 15.0 Å². The summed E-state index contributed by atoms with van der Waals surface area (Å²) in [7, 11) is 3.30. The van der Waals surface area contributed by atoms with Crippen LogP contribution in [-0.4, -0.2) is 63.8 Å². The maximum Gasteiger partial charge on any atom is 0.255 e. The van der Waals surface area contributed by atoms with Crippen molar-refractivity contribution in [3.05, 3.63) is 53.1 Å². The Balaban J connectivity index is 1.39. The second-order valence-electron chi connectivity index (χ2n) is 7.34. The summed E-state index contributed by atoms with van der Waals surface area (Å²) < 4.78 is 20.6. The van der Waals surface area contributed by atoms with Crippen molar-refractivity contribution in [3.8, 4) is 5.75 Å². The van der Waals surface area contributed by atoms with Gasteiger partial charge in [0.25, 0.3) is 5.91 Å². The SMILES string of the molecule is COc1ccc(CN2CCN(C(=O)c3cnc4c(c3)c(C)nn4C)CC2)cc1F. The van der Waals surface area contributed by atoms with E-state index >= 15 is 0 Å². The van der Waals surface area contributed by atoms with E-state index in [1.54, 1.807) is 16.9 Å². The van der Waals surface area contributed by atoms with Crippen molar-refractivity contribution in [3.63, 3.8) is 0 Å². The minimum atomic E-state index is -0.354. The van der Waals surface area contributed by atoms with Crippen molar-refractivity contribution >= 4 is 16.9 Å². The molecule has 8 heteroatoms. The quantitative estimate of drug-likeness (QED) is 0.676. The summed E-state index contributed by atoms with van der Waals surface area (Å²) in [6.45, 7) is 5.29. The van der Waals surface area contributed by atoms with Gasteiger partial charge in [-0.05, 0) is 30.7 Å². The number of methoxy groups -OCH3 is 1. The van der Waals surface area contributed by atoms with Crippen molar-refractivity contribution in [1.29, 1.82) is 0 Å². The van der Waals surface area contributed by atoms with E-state index in [9.17, 15) is 9.18 Å². The lowest BCUT2D eigenvalue weighted by Crippen LogP contribution is -2.48. The van der Waals surface area contributed by atoms with Crippen LogP contribution in [-0.2, 0) is 13.6 Å². The zero-order valence-electron chi connectivity index (χ0n) is 16.9. The first-order chi connectivity index (χ1) is 14.0. The van der Waals surface area contributed by atoms with E-state index in [1.165, 1.54) is 13.2 Å². The van der Waals surface area contributed by atoms with Gasteiger partial charge in [0.05, 0.1) is 18.4 Å². The Bertz CT molecular complexity index is 1060. The van der Waals surface area contributed by atoms with Gasteiger partial charge in [0.15, 0.2) is 17.2 Å². The number of hydrogen-bond donors (Lipinski definition) is 0. The van der Waals surface area contributed by atoms with Gasteiger partial charge in [-0.2, -0.15) is 5.10 Å². The minimum absolute atomic E-state index is 0.0159. The largest absolute Gasteiger partial charge is 0.494 e. The molecule has 1 aromatic carbocycles. The summed E-state index contributed by atoms with van der Waals surface area (Å²) in [4.78, 5) is 21.4. The van der Waals surface area contributed by atoms with Crippen molar-refractivity contribution in [1.82, 2.24) is 24.6 Å². The molecule has 0 atom stereocenters. The average Bonchev–Trinajstić information content (AvgIpc) is 3.01. The Morgan fingerprint density at radius 1 is 1.21 bits per heavy atom. The van der Waals surface area contributed by atoms with Gasteiger partial charge in [0.2, 0.25) is 0 Å². The summed E-state index contributed by atoms with van der Waals surface area (Å²) in [5.74, 6) is -0.121. The number of aryl methyl sites for hydroxylation is 2. The first-order valence-corrected chi connectivity index (χ1v) is 9.59. The minimum Gasteiger partial charge on any atom is -0.494 e. The maximum atomic E-state index is 13.9. The molecular formula is C21H24FN5O2. The highest BCUT2D eigenvalue weighted by Gasteiger charge is 2.23. The summed E-state index contributed by atoms with van der Waals surface area (Å²) in [6, 6.07) is 6.90. The smallest absolute Gasteiger partial charge is 0.255 e. The van der Waals surface area contributed by atoms with Crippen LogP contribution < -0.4 is 4.74 Å². The molecule has 1 fully saturated rings. The average molecular weight is 397 g/mol. The number of hydrogen-bond acceptors (Lipinski definition) is 5. The Morgan fingerprint density at radius 3 is 2.66 bits per heavy atom. The molecule has 152 valence electrons. The monoisotopic (exact) mass is 397 g/mol. The van der Waals surface area contributed by atoms with Crippen LogP contribution in [0.4, 0.5) is 4.39 Å². The number of rotatable bonds is 4.